The van der Waals surface area contributed by atoms with Crippen molar-refractivity contribution in [2.45, 2.75) is 17.9 Å². The summed E-state index contributed by atoms with van der Waals surface area (Å²) in [5.74, 6) is -0.242. The molecule has 1 N–H and O–H groups in total. The first-order chi connectivity index (χ1) is 12.3. The van der Waals surface area contributed by atoms with Crippen LogP contribution < -0.4 is 14.4 Å². The average Bonchev–Trinajstić information content (AvgIpc) is 2.66. The minimum absolute atomic E-state index is 0.0369. The molecule has 0 fully saturated rings. The summed E-state index contributed by atoms with van der Waals surface area (Å²) in [5, 5.41) is 2.47. The molecule has 3 rings (SSSR count). The molecule has 2 aromatic rings. The molecule has 1 amide bonds. The number of anilines is 1. The van der Waals surface area contributed by atoms with Crippen molar-refractivity contribution in [2.75, 3.05) is 17.9 Å². The molecule has 7 nitrogen and oxygen atoms in total. The Morgan fingerprint density at radius 2 is 1.77 bits per heavy atom. The number of nitrogens with zero attached hydrogens (tertiary/aromatic N) is 1. The highest BCUT2D eigenvalue weighted by Gasteiger charge is 2.37. The van der Waals surface area contributed by atoms with Gasteiger partial charge >= 0.3 is 0 Å². The fraction of sp³-hybridized carbons (Fsp3) is 0.222. The summed E-state index contributed by atoms with van der Waals surface area (Å²) in [5.41, 5.74) is 0.790. The predicted octanol–water partition coefficient (Wildman–Crippen LogP) is 1.59. The van der Waals surface area contributed by atoms with E-state index in [9.17, 15) is 18.0 Å². The number of rotatable bonds is 4. The van der Waals surface area contributed by atoms with Crippen LogP contribution in [0.4, 0.5) is 5.69 Å². The molecule has 0 spiro atoms. The quantitative estimate of drug-likeness (QED) is 0.821. The highest BCUT2D eigenvalue weighted by atomic mass is 32.2. The number of ketones is 1. The van der Waals surface area contributed by atoms with E-state index in [1.54, 1.807) is 24.3 Å². The van der Waals surface area contributed by atoms with Gasteiger partial charge in [-0.05, 0) is 31.2 Å². The number of carbonyl (C=O) groups excluding carboxylic acids is 2. The lowest BCUT2D eigenvalue weighted by Gasteiger charge is -2.34. The summed E-state index contributed by atoms with van der Waals surface area (Å²) in [6.45, 7) is 1.27. The van der Waals surface area contributed by atoms with Crippen LogP contribution in [0.25, 0.3) is 0 Å². The Bertz CT molecular complexity index is 954. The number of sulfonamides is 1. The number of hydrogen-bond acceptors (Lipinski definition) is 5. The van der Waals surface area contributed by atoms with Crippen LogP contribution in [-0.2, 0) is 14.8 Å². The molecule has 0 aromatic heterocycles. The fourth-order valence-corrected chi connectivity index (χ4v) is 4.19. The summed E-state index contributed by atoms with van der Waals surface area (Å²) in [6, 6.07) is 12.4. The maximum absolute atomic E-state index is 13.1. The van der Waals surface area contributed by atoms with Crippen molar-refractivity contribution in [1.29, 1.82) is 0 Å². The van der Waals surface area contributed by atoms with Crippen LogP contribution in [0.1, 0.15) is 17.3 Å². The van der Waals surface area contributed by atoms with Crippen LogP contribution in [0.2, 0.25) is 0 Å². The highest BCUT2D eigenvalue weighted by molar-refractivity contribution is 7.92. The lowest BCUT2D eigenvalue weighted by Crippen LogP contribution is -2.50. The second kappa shape index (κ2) is 6.80. The molecule has 136 valence electrons. The summed E-state index contributed by atoms with van der Waals surface area (Å²) in [6.07, 6.45) is -0.957. The van der Waals surface area contributed by atoms with Crippen LogP contribution in [0.15, 0.2) is 53.4 Å². The van der Waals surface area contributed by atoms with E-state index in [4.69, 9.17) is 4.74 Å². The Morgan fingerprint density at radius 3 is 2.38 bits per heavy atom. The average molecular weight is 374 g/mol. The smallest absolute Gasteiger partial charge is 0.264 e. The third-order valence-corrected chi connectivity index (χ3v) is 5.92. The van der Waals surface area contributed by atoms with Crippen LogP contribution >= 0.6 is 0 Å². The molecule has 0 radical (unpaired) electrons. The number of likely N-dealkylation sites (N-methyl/N-ethyl adjacent to an activating group) is 1. The minimum atomic E-state index is -3.93. The van der Waals surface area contributed by atoms with Crippen LogP contribution in [-0.4, -0.2) is 39.8 Å². The van der Waals surface area contributed by atoms with Gasteiger partial charge in [-0.2, -0.15) is 0 Å². The van der Waals surface area contributed by atoms with Gasteiger partial charge in [0.2, 0.25) is 0 Å². The van der Waals surface area contributed by atoms with Gasteiger partial charge in [0.05, 0.1) is 17.1 Å². The van der Waals surface area contributed by atoms with Gasteiger partial charge in [-0.15, -0.1) is 0 Å². The molecule has 26 heavy (non-hydrogen) atoms. The zero-order valence-electron chi connectivity index (χ0n) is 14.3. The van der Waals surface area contributed by atoms with Gasteiger partial charge in [-0.25, -0.2) is 8.42 Å². The number of nitrogens with one attached hydrogen (secondary N) is 1. The summed E-state index contributed by atoms with van der Waals surface area (Å²) in [4.78, 5) is 23.4. The van der Waals surface area contributed by atoms with Crippen LogP contribution in [0.5, 0.6) is 5.75 Å². The van der Waals surface area contributed by atoms with Crippen molar-refractivity contribution >= 4 is 27.4 Å². The third kappa shape index (κ3) is 3.15. The summed E-state index contributed by atoms with van der Waals surface area (Å²) >= 11 is 0. The molecule has 0 saturated carbocycles. The molecule has 0 bridgehead atoms. The maximum atomic E-state index is 13.1. The standard InChI is InChI=1S/C18H18N2O5S/c1-12(21)13-7-9-14(10-8-13)26(23,24)20-11-17(18(22)19-2)25-16-6-4-3-5-15(16)20/h3-10,17H,11H2,1-2H3,(H,19,22)/t17-/m1/s1. The number of carbonyl (C=O) groups is 2. The van der Waals surface area contributed by atoms with Crippen LogP contribution in [0, 0.1) is 0 Å². The topological polar surface area (TPSA) is 92.8 Å². The lowest BCUT2D eigenvalue weighted by atomic mass is 10.2. The van der Waals surface area contributed by atoms with Gasteiger partial charge < -0.3 is 10.1 Å². The van der Waals surface area contributed by atoms with Gasteiger partial charge in [0.15, 0.2) is 11.9 Å². The third-order valence-electron chi connectivity index (χ3n) is 4.12. The van der Waals surface area contributed by atoms with Crippen molar-refractivity contribution in [1.82, 2.24) is 5.32 Å². The van der Waals surface area contributed by atoms with Gasteiger partial charge in [0, 0.05) is 12.6 Å². The number of benzene rings is 2. The van der Waals surface area contributed by atoms with Crippen molar-refractivity contribution in [2.24, 2.45) is 0 Å². The van der Waals surface area contributed by atoms with E-state index in [0.29, 0.717) is 17.0 Å². The van der Waals surface area contributed by atoms with Crippen molar-refractivity contribution in [3.05, 3.63) is 54.1 Å². The molecule has 8 heteroatoms. The van der Waals surface area contributed by atoms with Crippen molar-refractivity contribution in [3.8, 4) is 5.75 Å². The minimum Gasteiger partial charge on any atom is -0.476 e. The Balaban J connectivity index is 2.04. The fourth-order valence-electron chi connectivity index (χ4n) is 2.72. The molecule has 0 unspecified atom stereocenters. The van der Waals surface area contributed by atoms with E-state index in [2.05, 4.69) is 5.32 Å². The first-order valence-electron chi connectivity index (χ1n) is 7.95. The Labute approximate surface area is 151 Å². The Kier molecular flexibility index (Phi) is 4.69. The molecule has 1 atom stereocenters. The molecular weight excluding hydrogens is 356 g/mol. The van der Waals surface area contributed by atoms with Gasteiger partial charge in [0.1, 0.15) is 5.75 Å². The number of hydrogen-bond donors (Lipinski definition) is 1. The predicted molar refractivity (Wildman–Crippen MR) is 95.9 cm³/mol. The molecule has 1 aliphatic heterocycles. The number of amides is 1. The molecule has 0 saturated heterocycles. The SMILES string of the molecule is CNC(=O)[C@H]1CN(S(=O)(=O)c2ccc(C(C)=O)cc2)c2ccccc2O1. The molecule has 0 aliphatic carbocycles. The largest absolute Gasteiger partial charge is 0.476 e. The van der Waals surface area contributed by atoms with Crippen molar-refractivity contribution in [3.63, 3.8) is 0 Å². The first kappa shape index (κ1) is 17.9. The summed E-state index contributed by atoms with van der Waals surface area (Å²) < 4.78 is 33.1. The Hall–Kier alpha value is -2.87. The summed E-state index contributed by atoms with van der Waals surface area (Å²) in [7, 11) is -2.47. The molecule has 1 aliphatic rings. The first-order valence-corrected chi connectivity index (χ1v) is 9.39. The maximum Gasteiger partial charge on any atom is 0.264 e. The molecule has 1 heterocycles. The number of ether oxygens (including phenoxy) is 1. The monoisotopic (exact) mass is 374 g/mol. The van der Waals surface area contributed by atoms with E-state index in [1.165, 1.54) is 38.2 Å². The number of para-hydroxylation sites is 2. The van der Waals surface area contributed by atoms with Gasteiger partial charge in [-0.3, -0.25) is 13.9 Å². The van der Waals surface area contributed by atoms with Crippen molar-refractivity contribution < 1.29 is 22.7 Å². The zero-order valence-corrected chi connectivity index (χ0v) is 15.1. The zero-order chi connectivity index (χ0) is 18.9. The van der Waals surface area contributed by atoms with E-state index in [-0.39, 0.29) is 17.2 Å². The number of fused-ring (bicyclic) bond motifs is 1. The van der Waals surface area contributed by atoms with E-state index in [1.807, 2.05) is 0 Å². The van der Waals surface area contributed by atoms with E-state index < -0.39 is 22.0 Å². The number of Topliss-reactive ketones (excluding diaryl/α,β-unsaturated/α-hetero) is 1. The second-order valence-corrected chi connectivity index (χ2v) is 7.67. The molecule has 2 aromatic carbocycles. The lowest BCUT2D eigenvalue weighted by molar-refractivity contribution is -0.127. The van der Waals surface area contributed by atoms with Crippen LogP contribution in [0.3, 0.4) is 0 Å². The van der Waals surface area contributed by atoms with Gasteiger partial charge in [0.25, 0.3) is 15.9 Å². The normalized spacial score (nSPS) is 16.4. The second-order valence-electron chi connectivity index (χ2n) is 5.81. The van der Waals surface area contributed by atoms with E-state index >= 15 is 0 Å². The van der Waals surface area contributed by atoms with Gasteiger partial charge in [-0.1, -0.05) is 24.3 Å². The Morgan fingerprint density at radius 1 is 1.12 bits per heavy atom. The van der Waals surface area contributed by atoms with E-state index in [0.717, 1.165) is 4.31 Å². The highest BCUT2D eigenvalue weighted by Crippen LogP contribution is 2.36. The molecular formula is C18H18N2O5S.